The van der Waals surface area contributed by atoms with E-state index in [0.29, 0.717) is 5.78 Å². The van der Waals surface area contributed by atoms with Gasteiger partial charge in [-0.2, -0.15) is 0 Å². The van der Waals surface area contributed by atoms with Crippen LogP contribution >= 0.6 is 11.8 Å². The third-order valence-electron chi connectivity index (χ3n) is 3.59. The summed E-state index contributed by atoms with van der Waals surface area (Å²) < 4.78 is 0. The highest BCUT2D eigenvalue weighted by Gasteiger charge is 2.36. The minimum Gasteiger partial charge on any atom is -0.299 e. The SMILES string of the molecule is CC1(C)CCCC(CSc2ccccc2)C1=O. The zero-order valence-electron chi connectivity index (χ0n) is 10.6. The fourth-order valence-electron chi connectivity index (χ4n) is 2.47. The molecule has 92 valence electrons. The molecular formula is C15H20OS. The number of hydrogen-bond donors (Lipinski definition) is 0. The summed E-state index contributed by atoms with van der Waals surface area (Å²) in [5, 5.41) is 0. The second-order valence-electron chi connectivity index (χ2n) is 5.46. The number of hydrogen-bond acceptors (Lipinski definition) is 2. The average molecular weight is 248 g/mol. The highest BCUT2D eigenvalue weighted by Crippen LogP contribution is 2.37. The molecule has 0 amide bonds. The van der Waals surface area contributed by atoms with E-state index in [0.717, 1.165) is 18.6 Å². The highest BCUT2D eigenvalue weighted by molar-refractivity contribution is 7.99. The van der Waals surface area contributed by atoms with E-state index in [1.165, 1.54) is 11.3 Å². The van der Waals surface area contributed by atoms with Crippen LogP contribution in [0, 0.1) is 11.3 Å². The number of carbonyl (C=O) groups excluding carboxylic acids is 1. The third-order valence-corrected chi connectivity index (χ3v) is 4.76. The fourth-order valence-corrected chi connectivity index (χ4v) is 3.53. The van der Waals surface area contributed by atoms with Crippen molar-refractivity contribution in [3.63, 3.8) is 0 Å². The van der Waals surface area contributed by atoms with Gasteiger partial charge in [0.15, 0.2) is 0 Å². The molecule has 0 aromatic heterocycles. The standard InChI is InChI=1S/C15H20OS/c1-15(2)10-6-7-12(14(15)16)11-17-13-8-4-3-5-9-13/h3-5,8-9,12H,6-7,10-11H2,1-2H3. The van der Waals surface area contributed by atoms with Gasteiger partial charge in [0.1, 0.15) is 5.78 Å². The molecule has 1 atom stereocenters. The first-order valence-electron chi connectivity index (χ1n) is 6.32. The molecule has 0 radical (unpaired) electrons. The monoisotopic (exact) mass is 248 g/mol. The van der Waals surface area contributed by atoms with Crippen molar-refractivity contribution in [2.24, 2.45) is 11.3 Å². The Labute approximate surface area is 108 Å². The highest BCUT2D eigenvalue weighted by atomic mass is 32.2. The maximum atomic E-state index is 12.3. The fraction of sp³-hybridized carbons (Fsp3) is 0.533. The van der Waals surface area contributed by atoms with E-state index in [1.54, 1.807) is 0 Å². The van der Waals surface area contributed by atoms with Gasteiger partial charge in [0, 0.05) is 22.0 Å². The molecule has 1 aromatic rings. The number of benzene rings is 1. The lowest BCUT2D eigenvalue weighted by Gasteiger charge is -2.33. The first-order chi connectivity index (χ1) is 8.09. The summed E-state index contributed by atoms with van der Waals surface area (Å²) in [6.07, 6.45) is 3.32. The van der Waals surface area contributed by atoms with Crippen molar-refractivity contribution in [1.29, 1.82) is 0 Å². The lowest BCUT2D eigenvalue weighted by molar-refractivity contribution is -0.133. The lowest BCUT2D eigenvalue weighted by Crippen LogP contribution is -2.36. The Morgan fingerprint density at radius 2 is 2.00 bits per heavy atom. The van der Waals surface area contributed by atoms with E-state index in [4.69, 9.17) is 0 Å². The second kappa shape index (κ2) is 5.26. The van der Waals surface area contributed by atoms with Gasteiger partial charge in [0.2, 0.25) is 0 Å². The smallest absolute Gasteiger partial charge is 0.142 e. The van der Waals surface area contributed by atoms with Gasteiger partial charge in [-0.3, -0.25) is 4.79 Å². The van der Waals surface area contributed by atoms with Crippen LogP contribution in [-0.4, -0.2) is 11.5 Å². The topological polar surface area (TPSA) is 17.1 Å². The predicted octanol–water partition coefficient (Wildman–Crippen LogP) is 4.17. The predicted molar refractivity (Wildman–Crippen MR) is 73.3 cm³/mol. The summed E-state index contributed by atoms with van der Waals surface area (Å²) >= 11 is 1.81. The Hall–Kier alpha value is -0.760. The third kappa shape index (κ3) is 3.12. The quantitative estimate of drug-likeness (QED) is 0.747. The molecule has 0 aliphatic heterocycles. The summed E-state index contributed by atoms with van der Waals surface area (Å²) in [5.74, 6) is 1.66. The number of thioether (sulfide) groups is 1. The molecule has 2 heteroatoms. The minimum atomic E-state index is -0.0971. The Morgan fingerprint density at radius 1 is 1.29 bits per heavy atom. The molecule has 1 aliphatic carbocycles. The second-order valence-corrected chi connectivity index (χ2v) is 6.55. The number of Topliss-reactive ketones (excluding diaryl/α,β-unsaturated/α-hetero) is 1. The summed E-state index contributed by atoms with van der Waals surface area (Å²) in [5.41, 5.74) is -0.0971. The molecule has 1 nitrogen and oxygen atoms in total. The molecule has 0 spiro atoms. The van der Waals surface area contributed by atoms with E-state index < -0.39 is 0 Å². The molecule has 1 fully saturated rings. The van der Waals surface area contributed by atoms with Crippen molar-refractivity contribution in [1.82, 2.24) is 0 Å². The molecule has 0 N–H and O–H groups in total. The van der Waals surface area contributed by atoms with Gasteiger partial charge in [-0.1, -0.05) is 38.5 Å². The van der Waals surface area contributed by atoms with Crippen LogP contribution in [-0.2, 0) is 4.79 Å². The summed E-state index contributed by atoms with van der Waals surface area (Å²) in [7, 11) is 0. The summed E-state index contributed by atoms with van der Waals surface area (Å²) in [4.78, 5) is 13.5. The van der Waals surface area contributed by atoms with E-state index >= 15 is 0 Å². The normalized spacial score (nSPS) is 23.6. The van der Waals surface area contributed by atoms with Crippen LogP contribution in [0.4, 0.5) is 0 Å². The summed E-state index contributed by atoms with van der Waals surface area (Å²) in [6, 6.07) is 10.4. The number of ketones is 1. The van der Waals surface area contributed by atoms with Crippen molar-refractivity contribution in [2.75, 3.05) is 5.75 Å². The van der Waals surface area contributed by atoms with Gasteiger partial charge in [-0.25, -0.2) is 0 Å². The Balaban J connectivity index is 1.93. The maximum Gasteiger partial charge on any atom is 0.142 e. The molecule has 1 aliphatic rings. The van der Waals surface area contributed by atoms with Crippen LogP contribution in [0.3, 0.4) is 0 Å². The maximum absolute atomic E-state index is 12.3. The molecule has 17 heavy (non-hydrogen) atoms. The zero-order valence-corrected chi connectivity index (χ0v) is 11.4. The largest absolute Gasteiger partial charge is 0.299 e. The van der Waals surface area contributed by atoms with Gasteiger partial charge in [-0.05, 0) is 25.0 Å². The Kier molecular flexibility index (Phi) is 3.93. The molecule has 0 saturated heterocycles. The van der Waals surface area contributed by atoms with Gasteiger partial charge in [0.25, 0.3) is 0 Å². The van der Waals surface area contributed by atoms with E-state index in [2.05, 4.69) is 38.1 Å². The molecule has 1 unspecified atom stereocenters. The first kappa shape index (κ1) is 12.7. The van der Waals surface area contributed by atoms with Crippen LogP contribution in [0.25, 0.3) is 0 Å². The molecule has 0 bridgehead atoms. The van der Waals surface area contributed by atoms with Crippen LogP contribution in [0.2, 0.25) is 0 Å². The van der Waals surface area contributed by atoms with Crippen LogP contribution in [0.15, 0.2) is 35.2 Å². The van der Waals surface area contributed by atoms with Crippen molar-refractivity contribution < 1.29 is 4.79 Å². The van der Waals surface area contributed by atoms with E-state index in [9.17, 15) is 4.79 Å². The number of rotatable bonds is 3. The van der Waals surface area contributed by atoms with Gasteiger partial charge in [-0.15, -0.1) is 11.8 Å². The van der Waals surface area contributed by atoms with Crippen molar-refractivity contribution in [2.45, 2.75) is 38.0 Å². The van der Waals surface area contributed by atoms with Crippen molar-refractivity contribution >= 4 is 17.5 Å². The van der Waals surface area contributed by atoms with E-state index in [1.807, 2.05) is 17.8 Å². The molecule has 1 aromatic carbocycles. The number of carbonyl (C=O) groups is 1. The van der Waals surface area contributed by atoms with Crippen LogP contribution in [0.1, 0.15) is 33.1 Å². The van der Waals surface area contributed by atoms with Gasteiger partial charge >= 0.3 is 0 Å². The molecular weight excluding hydrogens is 228 g/mol. The molecule has 1 saturated carbocycles. The zero-order chi connectivity index (χ0) is 12.3. The van der Waals surface area contributed by atoms with Crippen LogP contribution in [0.5, 0.6) is 0 Å². The average Bonchev–Trinajstić information content (AvgIpc) is 2.32. The minimum absolute atomic E-state index is 0.0971. The molecule has 2 rings (SSSR count). The van der Waals surface area contributed by atoms with Gasteiger partial charge in [0.05, 0.1) is 0 Å². The van der Waals surface area contributed by atoms with Crippen LogP contribution < -0.4 is 0 Å². The Morgan fingerprint density at radius 3 is 2.71 bits per heavy atom. The van der Waals surface area contributed by atoms with Gasteiger partial charge < -0.3 is 0 Å². The van der Waals surface area contributed by atoms with E-state index in [-0.39, 0.29) is 11.3 Å². The Bertz CT molecular complexity index is 383. The summed E-state index contributed by atoms with van der Waals surface area (Å²) in [6.45, 7) is 4.18. The lowest BCUT2D eigenvalue weighted by atomic mass is 9.71. The first-order valence-corrected chi connectivity index (χ1v) is 7.30. The van der Waals surface area contributed by atoms with Crippen molar-refractivity contribution in [3.8, 4) is 0 Å². The van der Waals surface area contributed by atoms with Crippen molar-refractivity contribution in [3.05, 3.63) is 30.3 Å². The molecule has 0 heterocycles.